The van der Waals surface area contributed by atoms with Crippen LogP contribution in [-0.4, -0.2) is 65.4 Å². The molecule has 1 spiro atoms. The summed E-state index contributed by atoms with van der Waals surface area (Å²) in [6.07, 6.45) is 6.82. The molecule has 3 aliphatic heterocycles. The second-order valence-corrected chi connectivity index (χ2v) is 8.71. The Labute approximate surface area is 149 Å². The van der Waals surface area contributed by atoms with E-state index in [-0.39, 0.29) is 5.54 Å². The first-order chi connectivity index (χ1) is 11.8. The third-order valence-corrected chi connectivity index (χ3v) is 7.12. The van der Waals surface area contributed by atoms with Gasteiger partial charge in [0.1, 0.15) is 0 Å². The Morgan fingerprint density at radius 2 is 1.79 bits per heavy atom. The Balaban J connectivity index is 1.34. The molecule has 132 valence electrons. The fourth-order valence-corrected chi connectivity index (χ4v) is 5.50. The molecule has 0 N–H and O–H groups in total. The molecule has 3 aliphatic rings. The van der Waals surface area contributed by atoms with E-state index in [1.54, 1.807) is 0 Å². The van der Waals surface area contributed by atoms with Gasteiger partial charge in [-0.05, 0) is 56.6 Å². The zero-order valence-corrected chi connectivity index (χ0v) is 15.4. The summed E-state index contributed by atoms with van der Waals surface area (Å²) < 4.78 is 0. The average Bonchev–Trinajstić information content (AvgIpc) is 3.32. The van der Waals surface area contributed by atoms with Crippen LogP contribution in [0.4, 0.5) is 0 Å². The van der Waals surface area contributed by atoms with Crippen molar-refractivity contribution in [1.29, 1.82) is 0 Å². The number of piperidine rings is 1. The van der Waals surface area contributed by atoms with E-state index in [2.05, 4.69) is 32.2 Å². The van der Waals surface area contributed by atoms with Crippen LogP contribution < -0.4 is 0 Å². The maximum Gasteiger partial charge on any atom is 0.223 e. The Kier molecular flexibility index (Phi) is 4.93. The van der Waals surface area contributed by atoms with Gasteiger partial charge in [0.2, 0.25) is 5.91 Å². The molecule has 0 aliphatic carbocycles. The van der Waals surface area contributed by atoms with E-state index in [4.69, 9.17) is 0 Å². The van der Waals surface area contributed by atoms with Crippen LogP contribution in [-0.2, 0) is 11.3 Å². The quantitative estimate of drug-likeness (QED) is 0.819. The van der Waals surface area contributed by atoms with Crippen molar-refractivity contribution in [3.8, 4) is 0 Å². The lowest BCUT2D eigenvalue weighted by Gasteiger charge is -2.45. The molecule has 4 nitrogen and oxygen atoms in total. The van der Waals surface area contributed by atoms with Gasteiger partial charge in [0.15, 0.2) is 0 Å². The minimum absolute atomic E-state index is 0.169. The van der Waals surface area contributed by atoms with Gasteiger partial charge in [-0.3, -0.25) is 9.69 Å². The molecule has 1 aromatic rings. The van der Waals surface area contributed by atoms with E-state index in [1.807, 2.05) is 11.3 Å². The number of likely N-dealkylation sites (tertiary alicyclic amines) is 3. The van der Waals surface area contributed by atoms with Gasteiger partial charge in [-0.2, -0.15) is 0 Å². The SMILES string of the molecule is O=C1CCC2(CCN(Cc3cccs3)CC2)N1CCN1CCCC1. The standard InChI is InChI=1S/C19H29N3OS/c23-18-5-6-19(22(18)14-13-20-9-1-2-10-20)7-11-21(12-8-19)16-17-4-3-15-24-17/h3-4,15H,1-2,5-14,16H2. The summed E-state index contributed by atoms with van der Waals surface area (Å²) in [5.74, 6) is 0.404. The first-order valence-electron chi connectivity index (χ1n) is 9.53. The van der Waals surface area contributed by atoms with Crippen molar-refractivity contribution in [3.63, 3.8) is 0 Å². The molecule has 5 heteroatoms. The van der Waals surface area contributed by atoms with Gasteiger partial charge in [0, 0.05) is 49.6 Å². The Morgan fingerprint density at radius 3 is 2.50 bits per heavy atom. The molecule has 0 radical (unpaired) electrons. The number of hydrogen-bond donors (Lipinski definition) is 0. The highest BCUT2D eigenvalue weighted by Gasteiger charge is 2.46. The van der Waals surface area contributed by atoms with Gasteiger partial charge in [-0.25, -0.2) is 0 Å². The number of carbonyl (C=O) groups excluding carboxylic acids is 1. The lowest BCUT2D eigenvalue weighted by molar-refractivity contribution is -0.132. The van der Waals surface area contributed by atoms with Crippen molar-refractivity contribution in [2.45, 2.75) is 50.6 Å². The summed E-state index contributed by atoms with van der Waals surface area (Å²) in [5.41, 5.74) is 0.169. The van der Waals surface area contributed by atoms with E-state index < -0.39 is 0 Å². The van der Waals surface area contributed by atoms with Crippen LogP contribution >= 0.6 is 11.3 Å². The molecule has 3 fully saturated rings. The molecule has 4 rings (SSSR count). The van der Waals surface area contributed by atoms with Crippen molar-refractivity contribution >= 4 is 17.2 Å². The number of nitrogens with zero attached hydrogens (tertiary/aromatic N) is 3. The summed E-state index contributed by atoms with van der Waals surface area (Å²) >= 11 is 1.85. The number of hydrogen-bond acceptors (Lipinski definition) is 4. The number of thiophene rings is 1. The fourth-order valence-electron chi connectivity index (χ4n) is 4.75. The third kappa shape index (κ3) is 3.39. The van der Waals surface area contributed by atoms with Crippen molar-refractivity contribution in [2.24, 2.45) is 0 Å². The van der Waals surface area contributed by atoms with Crippen LogP contribution in [0.25, 0.3) is 0 Å². The molecular formula is C19H29N3OS. The highest BCUT2D eigenvalue weighted by Crippen LogP contribution is 2.39. The van der Waals surface area contributed by atoms with Gasteiger partial charge in [0.25, 0.3) is 0 Å². The van der Waals surface area contributed by atoms with Gasteiger partial charge >= 0.3 is 0 Å². The second kappa shape index (κ2) is 7.14. The predicted molar refractivity (Wildman–Crippen MR) is 98.2 cm³/mol. The molecule has 1 amide bonds. The fraction of sp³-hybridized carbons (Fsp3) is 0.737. The van der Waals surface area contributed by atoms with Crippen LogP contribution in [0, 0.1) is 0 Å². The maximum absolute atomic E-state index is 12.5. The molecule has 0 atom stereocenters. The number of rotatable bonds is 5. The van der Waals surface area contributed by atoms with E-state index >= 15 is 0 Å². The van der Waals surface area contributed by atoms with Crippen LogP contribution in [0.15, 0.2) is 17.5 Å². The summed E-state index contributed by atoms with van der Waals surface area (Å²) in [6, 6.07) is 4.37. The summed E-state index contributed by atoms with van der Waals surface area (Å²) in [6.45, 7) is 7.82. The van der Waals surface area contributed by atoms with Gasteiger partial charge in [-0.1, -0.05) is 6.07 Å². The third-order valence-electron chi connectivity index (χ3n) is 6.26. The predicted octanol–water partition coefficient (Wildman–Crippen LogP) is 2.80. The van der Waals surface area contributed by atoms with Crippen LogP contribution in [0.2, 0.25) is 0 Å². The first kappa shape index (κ1) is 16.6. The normalized spacial score (nSPS) is 25.2. The summed E-state index contributed by atoms with van der Waals surface area (Å²) in [7, 11) is 0. The molecular weight excluding hydrogens is 318 g/mol. The van der Waals surface area contributed by atoms with Gasteiger partial charge < -0.3 is 9.80 Å². The van der Waals surface area contributed by atoms with Crippen molar-refractivity contribution in [1.82, 2.24) is 14.7 Å². The monoisotopic (exact) mass is 347 g/mol. The van der Waals surface area contributed by atoms with E-state index in [1.165, 1.54) is 30.8 Å². The molecule has 0 unspecified atom stereocenters. The van der Waals surface area contributed by atoms with Crippen LogP contribution in [0.5, 0.6) is 0 Å². The van der Waals surface area contributed by atoms with E-state index in [0.29, 0.717) is 5.91 Å². The van der Waals surface area contributed by atoms with Crippen molar-refractivity contribution in [2.75, 3.05) is 39.3 Å². The highest BCUT2D eigenvalue weighted by atomic mass is 32.1. The molecule has 24 heavy (non-hydrogen) atoms. The zero-order valence-electron chi connectivity index (χ0n) is 14.6. The van der Waals surface area contributed by atoms with Crippen LogP contribution in [0.3, 0.4) is 0 Å². The summed E-state index contributed by atoms with van der Waals surface area (Å²) in [5, 5.41) is 2.16. The topological polar surface area (TPSA) is 26.8 Å². The molecule has 1 aromatic heterocycles. The second-order valence-electron chi connectivity index (χ2n) is 7.67. The number of amides is 1. The van der Waals surface area contributed by atoms with E-state index in [9.17, 15) is 4.79 Å². The molecule has 0 saturated carbocycles. The largest absolute Gasteiger partial charge is 0.336 e. The molecule has 4 heterocycles. The molecule has 3 saturated heterocycles. The lowest BCUT2D eigenvalue weighted by atomic mass is 9.85. The Hall–Kier alpha value is -0.910. The van der Waals surface area contributed by atoms with Crippen LogP contribution in [0.1, 0.15) is 43.4 Å². The number of carbonyl (C=O) groups is 1. The summed E-state index contributed by atoms with van der Waals surface area (Å²) in [4.78, 5) is 21.3. The van der Waals surface area contributed by atoms with Crippen molar-refractivity contribution in [3.05, 3.63) is 22.4 Å². The Bertz CT molecular complexity index is 545. The molecule has 0 aromatic carbocycles. The van der Waals surface area contributed by atoms with Crippen molar-refractivity contribution < 1.29 is 4.79 Å². The maximum atomic E-state index is 12.5. The Morgan fingerprint density at radius 1 is 1.00 bits per heavy atom. The zero-order chi connectivity index (χ0) is 16.4. The van der Waals surface area contributed by atoms with E-state index in [0.717, 1.165) is 58.4 Å². The molecule has 0 bridgehead atoms. The average molecular weight is 348 g/mol. The lowest BCUT2D eigenvalue weighted by Crippen LogP contribution is -2.54. The van der Waals surface area contributed by atoms with Gasteiger partial charge in [0.05, 0.1) is 0 Å². The minimum Gasteiger partial charge on any atom is -0.336 e. The minimum atomic E-state index is 0.169. The van der Waals surface area contributed by atoms with Gasteiger partial charge in [-0.15, -0.1) is 11.3 Å². The highest BCUT2D eigenvalue weighted by molar-refractivity contribution is 7.09. The first-order valence-corrected chi connectivity index (χ1v) is 10.4. The smallest absolute Gasteiger partial charge is 0.223 e.